The molecule has 0 aromatic heterocycles. The van der Waals surface area contributed by atoms with Crippen molar-refractivity contribution in [2.24, 2.45) is 5.10 Å². The van der Waals surface area contributed by atoms with Crippen LogP contribution in [0.3, 0.4) is 0 Å². The zero-order valence-electron chi connectivity index (χ0n) is 8.40. The predicted octanol–water partition coefficient (Wildman–Crippen LogP) is 2.12. The van der Waals surface area contributed by atoms with Crippen molar-refractivity contribution >= 4 is 22.1 Å². The molecule has 1 fully saturated rings. The lowest BCUT2D eigenvalue weighted by Crippen LogP contribution is -2.32. The van der Waals surface area contributed by atoms with Crippen LogP contribution in [0.1, 0.15) is 5.56 Å². The van der Waals surface area contributed by atoms with Gasteiger partial charge in [-0.15, -0.1) is 0 Å². The first-order chi connectivity index (χ1) is 7.34. The highest BCUT2D eigenvalue weighted by molar-refractivity contribution is 9.10. The zero-order valence-corrected chi connectivity index (χ0v) is 9.98. The molecule has 0 saturated carbocycles. The first-order valence-corrected chi connectivity index (χ1v) is 5.76. The summed E-state index contributed by atoms with van der Waals surface area (Å²) in [6.45, 7) is 3.31. The van der Waals surface area contributed by atoms with E-state index in [1.807, 2.05) is 35.5 Å². The SMILES string of the molecule is Brc1ccc(/C=N\N2CCOCC2)cc1. The van der Waals surface area contributed by atoms with Gasteiger partial charge >= 0.3 is 0 Å². The second kappa shape index (κ2) is 5.28. The molecular weight excluding hydrogens is 256 g/mol. The van der Waals surface area contributed by atoms with Gasteiger partial charge in [0.1, 0.15) is 0 Å². The van der Waals surface area contributed by atoms with Crippen LogP contribution in [0.25, 0.3) is 0 Å². The Kier molecular flexibility index (Phi) is 3.75. The number of hydrogen-bond acceptors (Lipinski definition) is 3. The van der Waals surface area contributed by atoms with Crippen molar-refractivity contribution in [3.05, 3.63) is 34.3 Å². The Balaban J connectivity index is 1.95. The van der Waals surface area contributed by atoms with E-state index in [2.05, 4.69) is 21.0 Å². The molecule has 0 radical (unpaired) electrons. The van der Waals surface area contributed by atoms with Gasteiger partial charge in [-0.3, -0.25) is 5.01 Å². The third-order valence-electron chi connectivity index (χ3n) is 2.23. The Morgan fingerprint density at radius 3 is 2.53 bits per heavy atom. The fourth-order valence-electron chi connectivity index (χ4n) is 1.37. The molecule has 4 heteroatoms. The maximum atomic E-state index is 5.25. The molecular formula is C11H13BrN2O. The molecule has 1 aliphatic rings. The molecule has 1 heterocycles. The van der Waals surface area contributed by atoms with Gasteiger partial charge in [0.15, 0.2) is 0 Å². The molecule has 0 bridgehead atoms. The van der Waals surface area contributed by atoms with Crippen molar-refractivity contribution in [1.82, 2.24) is 5.01 Å². The van der Waals surface area contributed by atoms with Crippen LogP contribution in [0.5, 0.6) is 0 Å². The van der Waals surface area contributed by atoms with Gasteiger partial charge in [0.2, 0.25) is 0 Å². The van der Waals surface area contributed by atoms with Crippen molar-refractivity contribution in [3.8, 4) is 0 Å². The van der Waals surface area contributed by atoms with Crippen LogP contribution < -0.4 is 0 Å². The van der Waals surface area contributed by atoms with Gasteiger partial charge in [0.25, 0.3) is 0 Å². The predicted molar refractivity (Wildman–Crippen MR) is 64.1 cm³/mol. The van der Waals surface area contributed by atoms with E-state index in [1.54, 1.807) is 0 Å². The molecule has 80 valence electrons. The molecule has 1 saturated heterocycles. The minimum Gasteiger partial charge on any atom is -0.378 e. The molecule has 0 spiro atoms. The normalized spacial score (nSPS) is 17.3. The largest absolute Gasteiger partial charge is 0.378 e. The van der Waals surface area contributed by atoms with Crippen molar-refractivity contribution in [3.63, 3.8) is 0 Å². The second-order valence-electron chi connectivity index (χ2n) is 3.36. The van der Waals surface area contributed by atoms with Gasteiger partial charge < -0.3 is 4.74 Å². The van der Waals surface area contributed by atoms with Gasteiger partial charge in [-0.05, 0) is 17.7 Å². The summed E-state index contributed by atoms with van der Waals surface area (Å²) in [6.07, 6.45) is 1.89. The van der Waals surface area contributed by atoms with E-state index in [0.717, 1.165) is 36.3 Å². The Labute approximate surface area is 97.9 Å². The topological polar surface area (TPSA) is 24.8 Å². The van der Waals surface area contributed by atoms with Gasteiger partial charge in [-0.1, -0.05) is 28.1 Å². The summed E-state index contributed by atoms with van der Waals surface area (Å²) in [6, 6.07) is 8.10. The van der Waals surface area contributed by atoms with Gasteiger partial charge in [-0.2, -0.15) is 5.10 Å². The first-order valence-electron chi connectivity index (χ1n) is 4.97. The number of benzene rings is 1. The molecule has 1 aromatic carbocycles. The summed E-state index contributed by atoms with van der Waals surface area (Å²) in [5.41, 5.74) is 1.12. The number of rotatable bonds is 2. The quantitative estimate of drug-likeness (QED) is 0.768. The standard InChI is InChI=1S/C11H13BrN2O/c12-11-3-1-10(2-4-11)9-13-14-5-7-15-8-6-14/h1-4,9H,5-8H2/b13-9-. The molecule has 0 atom stereocenters. The Morgan fingerprint density at radius 1 is 1.20 bits per heavy atom. The average Bonchev–Trinajstić information content (AvgIpc) is 2.30. The maximum Gasteiger partial charge on any atom is 0.0659 e. The number of hydrazone groups is 1. The lowest BCUT2D eigenvalue weighted by atomic mass is 10.2. The number of morpholine rings is 1. The van der Waals surface area contributed by atoms with Crippen molar-refractivity contribution in [2.45, 2.75) is 0 Å². The summed E-state index contributed by atoms with van der Waals surface area (Å²) in [7, 11) is 0. The molecule has 3 nitrogen and oxygen atoms in total. The molecule has 0 unspecified atom stereocenters. The van der Waals surface area contributed by atoms with E-state index in [0.29, 0.717) is 0 Å². The van der Waals surface area contributed by atoms with E-state index >= 15 is 0 Å². The Bertz CT molecular complexity index is 331. The lowest BCUT2D eigenvalue weighted by Gasteiger charge is -2.23. The Hall–Kier alpha value is -0.870. The molecule has 0 aliphatic carbocycles. The molecule has 0 amide bonds. The van der Waals surface area contributed by atoms with Crippen molar-refractivity contribution in [1.29, 1.82) is 0 Å². The van der Waals surface area contributed by atoms with Gasteiger partial charge in [0.05, 0.1) is 32.5 Å². The van der Waals surface area contributed by atoms with E-state index in [1.165, 1.54) is 0 Å². The third kappa shape index (κ3) is 3.32. The van der Waals surface area contributed by atoms with Crippen LogP contribution >= 0.6 is 15.9 Å². The summed E-state index contributed by atoms with van der Waals surface area (Å²) in [5.74, 6) is 0. The summed E-state index contributed by atoms with van der Waals surface area (Å²) >= 11 is 3.40. The highest BCUT2D eigenvalue weighted by atomic mass is 79.9. The van der Waals surface area contributed by atoms with Crippen LogP contribution in [0.4, 0.5) is 0 Å². The smallest absolute Gasteiger partial charge is 0.0659 e. The molecule has 2 rings (SSSR count). The Morgan fingerprint density at radius 2 is 1.87 bits per heavy atom. The van der Waals surface area contributed by atoms with Crippen LogP contribution in [-0.4, -0.2) is 37.5 Å². The minimum atomic E-state index is 0.775. The van der Waals surface area contributed by atoms with Crippen LogP contribution in [0, 0.1) is 0 Å². The summed E-state index contributed by atoms with van der Waals surface area (Å²) in [4.78, 5) is 0. The first kappa shape index (κ1) is 10.6. The number of ether oxygens (including phenoxy) is 1. The maximum absolute atomic E-state index is 5.25. The fourth-order valence-corrected chi connectivity index (χ4v) is 1.63. The monoisotopic (exact) mass is 268 g/mol. The molecule has 1 aromatic rings. The van der Waals surface area contributed by atoms with Crippen molar-refractivity contribution in [2.75, 3.05) is 26.3 Å². The van der Waals surface area contributed by atoms with Gasteiger partial charge in [0, 0.05) is 4.47 Å². The van der Waals surface area contributed by atoms with Crippen LogP contribution in [0.2, 0.25) is 0 Å². The molecule has 0 N–H and O–H groups in total. The zero-order chi connectivity index (χ0) is 10.5. The highest BCUT2D eigenvalue weighted by Gasteiger charge is 2.05. The molecule has 15 heavy (non-hydrogen) atoms. The van der Waals surface area contributed by atoms with E-state index in [-0.39, 0.29) is 0 Å². The summed E-state index contributed by atoms with van der Waals surface area (Å²) in [5, 5.41) is 6.43. The van der Waals surface area contributed by atoms with Gasteiger partial charge in [-0.25, -0.2) is 0 Å². The minimum absolute atomic E-state index is 0.775. The van der Waals surface area contributed by atoms with E-state index < -0.39 is 0 Å². The number of hydrogen-bond donors (Lipinski definition) is 0. The second-order valence-corrected chi connectivity index (χ2v) is 4.28. The fraction of sp³-hybridized carbons (Fsp3) is 0.364. The number of nitrogens with zero attached hydrogens (tertiary/aromatic N) is 2. The number of halogens is 1. The van der Waals surface area contributed by atoms with E-state index in [9.17, 15) is 0 Å². The van der Waals surface area contributed by atoms with Crippen LogP contribution in [0.15, 0.2) is 33.8 Å². The third-order valence-corrected chi connectivity index (χ3v) is 2.76. The summed E-state index contributed by atoms with van der Waals surface area (Å²) < 4.78 is 6.33. The molecule has 1 aliphatic heterocycles. The highest BCUT2D eigenvalue weighted by Crippen LogP contribution is 2.09. The lowest BCUT2D eigenvalue weighted by molar-refractivity contribution is 0.0397. The van der Waals surface area contributed by atoms with Crippen molar-refractivity contribution < 1.29 is 4.74 Å². The average molecular weight is 269 g/mol. The van der Waals surface area contributed by atoms with Crippen LogP contribution in [-0.2, 0) is 4.74 Å². The van der Waals surface area contributed by atoms with E-state index in [4.69, 9.17) is 4.74 Å².